The highest BCUT2D eigenvalue weighted by Crippen LogP contribution is 2.21. The van der Waals surface area contributed by atoms with Crippen molar-refractivity contribution in [2.45, 2.75) is 65.8 Å². The number of hydrogen-bond acceptors (Lipinski definition) is 1. The maximum Gasteiger partial charge on any atom is 0.338 e. The van der Waals surface area contributed by atoms with Gasteiger partial charge in [0, 0.05) is 6.08 Å². The molecule has 1 amide bonds. The molecule has 18 heavy (non-hydrogen) atoms. The zero-order chi connectivity index (χ0) is 13.3. The molecule has 0 aliphatic carbocycles. The van der Waals surface area contributed by atoms with Crippen molar-refractivity contribution in [3.8, 4) is 0 Å². The minimum Gasteiger partial charge on any atom is -1.00 e. The predicted octanol–water partition coefficient (Wildman–Crippen LogP) is 0.919. The number of halogens is 1. The van der Waals surface area contributed by atoms with Gasteiger partial charge in [0.25, 0.3) is 0 Å². The van der Waals surface area contributed by atoms with E-state index in [0.29, 0.717) is 10.5 Å². The minimum atomic E-state index is 0. The molecule has 0 fully saturated rings. The average molecular weight is 276 g/mol. The molecule has 108 valence electrons. The van der Waals surface area contributed by atoms with E-state index < -0.39 is 0 Å². The zero-order valence-corrected chi connectivity index (χ0v) is 13.3. The third-order valence-corrected chi connectivity index (χ3v) is 3.87. The van der Waals surface area contributed by atoms with Gasteiger partial charge in [-0.05, 0) is 33.1 Å². The smallest absolute Gasteiger partial charge is 0.338 e. The lowest BCUT2D eigenvalue weighted by atomic mass is 10.0. The van der Waals surface area contributed by atoms with Crippen LogP contribution in [0.3, 0.4) is 0 Å². The molecular weight excluding hydrogens is 246 g/mol. The Kier molecular flexibility index (Phi) is 11.7. The van der Waals surface area contributed by atoms with Crippen molar-refractivity contribution in [3.05, 3.63) is 12.7 Å². The second kappa shape index (κ2) is 10.6. The van der Waals surface area contributed by atoms with Crippen molar-refractivity contribution >= 4 is 5.91 Å². The summed E-state index contributed by atoms with van der Waals surface area (Å²) in [5, 5.41) is 0. The first-order valence-corrected chi connectivity index (χ1v) is 7.12. The summed E-state index contributed by atoms with van der Waals surface area (Å²) in [6, 6.07) is 0.414. The van der Waals surface area contributed by atoms with Crippen LogP contribution < -0.4 is 12.4 Å². The standard InChI is InChI=1S/C15H30NO.ClH/c1-6-10-11-12-14(5)16(9-4,13-7-2)15(17)8-3;/h8,14H,3,6-7,9-13H2,1-2,4-5H3;1H/q+1;/p-1. The van der Waals surface area contributed by atoms with Gasteiger partial charge in [0.1, 0.15) is 0 Å². The maximum atomic E-state index is 12.2. The van der Waals surface area contributed by atoms with Gasteiger partial charge in [0.05, 0.1) is 19.1 Å². The van der Waals surface area contributed by atoms with Gasteiger partial charge < -0.3 is 12.4 Å². The number of quaternary nitrogens is 1. The molecule has 0 N–H and O–H groups in total. The Balaban J connectivity index is 0. The van der Waals surface area contributed by atoms with Crippen molar-refractivity contribution in [1.82, 2.24) is 0 Å². The molecule has 0 aromatic heterocycles. The molecule has 0 bridgehead atoms. The van der Waals surface area contributed by atoms with Crippen molar-refractivity contribution in [2.75, 3.05) is 13.1 Å². The highest BCUT2D eigenvalue weighted by molar-refractivity contribution is 5.80. The van der Waals surface area contributed by atoms with E-state index >= 15 is 0 Å². The fourth-order valence-electron chi connectivity index (χ4n) is 2.69. The molecule has 0 aliphatic rings. The maximum absolute atomic E-state index is 12.2. The third-order valence-electron chi connectivity index (χ3n) is 3.87. The fraction of sp³-hybridized carbons (Fsp3) is 0.800. The van der Waals surface area contributed by atoms with Crippen LogP contribution >= 0.6 is 0 Å². The fourth-order valence-corrected chi connectivity index (χ4v) is 2.69. The van der Waals surface area contributed by atoms with Crippen LogP contribution in [0.25, 0.3) is 0 Å². The summed E-state index contributed by atoms with van der Waals surface area (Å²) < 4.78 is 0.587. The minimum absolute atomic E-state index is 0. The number of hydrogen-bond donors (Lipinski definition) is 0. The van der Waals surface area contributed by atoms with E-state index in [0.717, 1.165) is 25.9 Å². The molecule has 0 aromatic rings. The highest BCUT2D eigenvalue weighted by Gasteiger charge is 2.37. The Morgan fingerprint density at radius 3 is 2.22 bits per heavy atom. The van der Waals surface area contributed by atoms with Crippen molar-refractivity contribution in [3.63, 3.8) is 0 Å². The van der Waals surface area contributed by atoms with Crippen molar-refractivity contribution < 1.29 is 21.7 Å². The molecule has 3 heteroatoms. The van der Waals surface area contributed by atoms with Gasteiger partial charge in [-0.2, -0.15) is 0 Å². The molecule has 0 aromatic carbocycles. The number of carbonyl (C=O) groups is 1. The summed E-state index contributed by atoms with van der Waals surface area (Å²) in [7, 11) is 0. The normalized spacial score (nSPS) is 15.3. The second-order valence-electron chi connectivity index (χ2n) is 4.96. The van der Waals surface area contributed by atoms with Gasteiger partial charge in [-0.3, -0.25) is 4.48 Å². The Morgan fingerprint density at radius 1 is 1.22 bits per heavy atom. The van der Waals surface area contributed by atoms with Crippen LogP contribution in [0, 0.1) is 0 Å². The van der Waals surface area contributed by atoms with Crippen LogP contribution in [0.2, 0.25) is 0 Å². The summed E-state index contributed by atoms with van der Waals surface area (Å²) >= 11 is 0. The molecule has 0 aliphatic heterocycles. The summed E-state index contributed by atoms with van der Waals surface area (Å²) in [5.74, 6) is 0.193. The largest absolute Gasteiger partial charge is 1.00 e. The Bertz CT molecular complexity index is 243. The number of unbranched alkanes of at least 4 members (excludes halogenated alkanes) is 2. The zero-order valence-electron chi connectivity index (χ0n) is 12.5. The first-order chi connectivity index (χ1) is 8.08. The summed E-state index contributed by atoms with van der Waals surface area (Å²) in [6.45, 7) is 14.2. The third kappa shape index (κ3) is 5.11. The quantitative estimate of drug-likeness (QED) is 0.347. The van der Waals surface area contributed by atoms with E-state index in [-0.39, 0.29) is 18.3 Å². The monoisotopic (exact) mass is 275 g/mol. The van der Waals surface area contributed by atoms with Crippen LogP contribution in [-0.2, 0) is 4.79 Å². The number of carbonyl (C=O) groups excluding carboxylic acids is 1. The molecule has 2 atom stereocenters. The van der Waals surface area contributed by atoms with Gasteiger partial charge in [0.2, 0.25) is 0 Å². The van der Waals surface area contributed by atoms with Crippen LogP contribution in [0.5, 0.6) is 0 Å². The number of rotatable bonds is 9. The van der Waals surface area contributed by atoms with Gasteiger partial charge in [-0.15, -0.1) is 0 Å². The molecule has 0 rings (SSSR count). The first-order valence-electron chi connectivity index (χ1n) is 7.12. The topological polar surface area (TPSA) is 17.1 Å². The van der Waals surface area contributed by atoms with E-state index in [2.05, 4.69) is 34.3 Å². The van der Waals surface area contributed by atoms with Crippen LogP contribution in [0.1, 0.15) is 59.8 Å². The van der Waals surface area contributed by atoms with Crippen LogP contribution in [-0.4, -0.2) is 29.5 Å². The SMILES string of the molecule is C=CC(=O)[N+](CC)(CCC)C(C)CCCCC.[Cl-]. The Morgan fingerprint density at radius 2 is 1.83 bits per heavy atom. The molecule has 0 radical (unpaired) electrons. The lowest BCUT2D eigenvalue weighted by molar-refractivity contribution is -0.874. The number of amides is 1. The van der Waals surface area contributed by atoms with Gasteiger partial charge in [0.15, 0.2) is 0 Å². The first kappa shape index (κ1) is 20.0. The molecular formula is C15H30ClNO. The number of nitrogens with zero attached hydrogens (tertiary/aromatic N) is 1. The Hall–Kier alpha value is -0.340. The van der Waals surface area contributed by atoms with Gasteiger partial charge in [-0.25, -0.2) is 4.79 Å². The van der Waals surface area contributed by atoms with E-state index in [1.807, 2.05) is 0 Å². The molecule has 0 heterocycles. The second-order valence-corrected chi connectivity index (χ2v) is 4.96. The number of likely N-dealkylation sites (N-methyl/N-ethyl adjacent to an activating group) is 1. The average Bonchev–Trinajstić information content (AvgIpc) is 2.35. The van der Waals surface area contributed by atoms with E-state index in [9.17, 15) is 4.79 Å². The van der Waals surface area contributed by atoms with Crippen molar-refractivity contribution in [2.24, 2.45) is 0 Å². The lowest BCUT2D eigenvalue weighted by Gasteiger charge is -2.39. The molecule has 0 saturated heterocycles. The van der Waals surface area contributed by atoms with Crippen LogP contribution in [0.15, 0.2) is 12.7 Å². The molecule has 2 nitrogen and oxygen atoms in total. The molecule has 2 unspecified atom stereocenters. The highest BCUT2D eigenvalue weighted by atomic mass is 35.5. The molecule has 0 spiro atoms. The van der Waals surface area contributed by atoms with Gasteiger partial charge in [-0.1, -0.05) is 33.3 Å². The summed E-state index contributed by atoms with van der Waals surface area (Å²) in [4.78, 5) is 12.2. The van der Waals surface area contributed by atoms with Crippen LogP contribution in [0.4, 0.5) is 0 Å². The van der Waals surface area contributed by atoms with E-state index in [4.69, 9.17) is 0 Å². The lowest BCUT2D eigenvalue weighted by Crippen LogP contribution is -3.00. The van der Waals surface area contributed by atoms with Crippen molar-refractivity contribution in [1.29, 1.82) is 0 Å². The molecule has 0 saturated carbocycles. The predicted molar refractivity (Wildman–Crippen MR) is 74.8 cm³/mol. The van der Waals surface area contributed by atoms with E-state index in [1.54, 1.807) is 0 Å². The summed E-state index contributed by atoms with van der Waals surface area (Å²) in [6.07, 6.45) is 7.43. The Labute approximate surface area is 119 Å². The van der Waals surface area contributed by atoms with Gasteiger partial charge >= 0.3 is 5.91 Å². The van der Waals surface area contributed by atoms with E-state index in [1.165, 1.54) is 25.3 Å². The summed E-state index contributed by atoms with van der Waals surface area (Å²) in [5.41, 5.74) is 0.